The second-order valence-corrected chi connectivity index (χ2v) is 10.1. The summed E-state index contributed by atoms with van der Waals surface area (Å²) in [4.78, 5) is 1.15. The van der Waals surface area contributed by atoms with Crippen LogP contribution in [0, 0.1) is 0 Å². The first-order chi connectivity index (χ1) is 15.3. The van der Waals surface area contributed by atoms with Gasteiger partial charge in [0.2, 0.25) is 0 Å². The lowest BCUT2D eigenvalue weighted by molar-refractivity contribution is 0.405. The van der Waals surface area contributed by atoms with Crippen LogP contribution < -0.4 is 25.4 Å². The highest BCUT2D eigenvalue weighted by Gasteiger charge is 2.22. The van der Waals surface area contributed by atoms with Gasteiger partial charge in [0.05, 0.1) is 14.2 Å². The first kappa shape index (κ1) is 21.5. The highest BCUT2D eigenvalue weighted by Crippen LogP contribution is 2.39. The van der Waals surface area contributed by atoms with Gasteiger partial charge in [-0.15, -0.1) is 11.8 Å². The molecule has 0 N–H and O–H groups in total. The molecule has 4 heteroatoms. The largest absolute Gasteiger partial charge is 0.496 e. The summed E-state index contributed by atoms with van der Waals surface area (Å²) in [5, 5.41) is 3.91. The average molecular weight is 445 g/mol. The molecule has 0 spiro atoms. The Balaban J connectivity index is 1.76. The molecule has 0 aliphatic rings. The van der Waals surface area contributed by atoms with Gasteiger partial charge in [-0.1, -0.05) is 84.9 Å². The number of methoxy groups -OCH3 is 2. The van der Waals surface area contributed by atoms with E-state index in [2.05, 4.69) is 84.9 Å². The van der Waals surface area contributed by atoms with Gasteiger partial charge >= 0.3 is 0 Å². The van der Waals surface area contributed by atoms with Crippen molar-refractivity contribution in [3.8, 4) is 11.5 Å². The molecular weight excluding hydrogens is 419 g/mol. The maximum atomic E-state index is 5.76. The monoisotopic (exact) mass is 444 g/mol. The Hall–Kier alpha value is -2.74. The van der Waals surface area contributed by atoms with Crippen LogP contribution in [0.25, 0.3) is 0 Å². The van der Waals surface area contributed by atoms with E-state index < -0.39 is 7.92 Å². The van der Waals surface area contributed by atoms with Crippen molar-refractivity contribution in [3.63, 3.8) is 0 Å². The minimum absolute atomic E-state index is 0.755. The van der Waals surface area contributed by atoms with E-state index in [0.29, 0.717) is 0 Å². The van der Waals surface area contributed by atoms with Crippen molar-refractivity contribution in [2.75, 3.05) is 14.2 Å². The van der Waals surface area contributed by atoms with E-state index in [-0.39, 0.29) is 0 Å². The maximum absolute atomic E-state index is 5.76. The average Bonchev–Trinajstić information content (AvgIpc) is 2.85. The smallest absolute Gasteiger partial charge is 0.132 e. The fraction of sp³-hybridized carbons (Fsp3) is 0.111. The molecule has 0 saturated heterocycles. The highest BCUT2D eigenvalue weighted by molar-refractivity contribution is 7.98. The lowest BCUT2D eigenvalue weighted by Crippen LogP contribution is -2.24. The molecular formula is C27H25O2PS. The summed E-state index contributed by atoms with van der Waals surface area (Å²) in [6.07, 6.45) is 0. The maximum Gasteiger partial charge on any atom is 0.132 e. The molecule has 0 aliphatic heterocycles. The zero-order valence-corrected chi connectivity index (χ0v) is 19.4. The fourth-order valence-electron chi connectivity index (χ4n) is 3.54. The van der Waals surface area contributed by atoms with Gasteiger partial charge < -0.3 is 9.47 Å². The van der Waals surface area contributed by atoms with E-state index in [0.717, 1.165) is 22.1 Å². The lowest BCUT2D eigenvalue weighted by atomic mass is 10.2. The van der Waals surface area contributed by atoms with E-state index in [1.807, 2.05) is 30.0 Å². The lowest BCUT2D eigenvalue weighted by Gasteiger charge is -2.24. The molecule has 4 rings (SSSR count). The topological polar surface area (TPSA) is 18.5 Å². The van der Waals surface area contributed by atoms with Gasteiger partial charge in [0.25, 0.3) is 0 Å². The second-order valence-electron chi connectivity index (χ2n) is 6.91. The number of thioether (sulfide) groups is 1. The third-order valence-corrected chi connectivity index (χ3v) is 8.71. The second kappa shape index (κ2) is 10.5. The molecule has 0 radical (unpaired) electrons. The third kappa shape index (κ3) is 4.95. The molecule has 0 bridgehead atoms. The SMILES string of the molecule is COc1ccccc1SCc1ccccc1P(c1ccccc1)c1ccccc1OC. The molecule has 4 aromatic rings. The molecule has 1 atom stereocenters. The summed E-state index contributed by atoms with van der Waals surface area (Å²) in [7, 11) is 2.72. The van der Waals surface area contributed by atoms with Crippen molar-refractivity contribution in [3.05, 3.63) is 109 Å². The number of rotatable bonds is 8. The van der Waals surface area contributed by atoms with Crippen LogP contribution in [0.1, 0.15) is 5.56 Å². The predicted octanol–water partition coefficient (Wildman–Crippen LogP) is 5.75. The molecule has 1 unspecified atom stereocenters. The van der Waals surface area contributed by atoms with Crippen molar-refractivity contribution in [1.82, 2.24) is 0 Å². The van der Waals surface area contributed by atoms with Gasteiger partial charge in [0.1, 0.15) is 11.5 Å². The Morgan fingerprint density at radius 3 is 1.94 bits per heavy atom. The normalized spacial score (nSPS) is 11.7. The van der Waals surface area contributed by atoms with Crippen LogP contribution in [0.4, 0.5) is 0 Å². The first-order valence-electron chi connectivity index (χ1n) is 10.1. The molecule has 0 heterocycles. The Kier molecular flexibility index (Phi) is 7.30. The standard InChI is InChI=1S/C27H25O2PS/c1-28-23-15-7-10-18-26(23)30(22-13-4-3-5-14-22)25-17-9-6-12-21(25)20-31-27-19-11-8-16-24(27)29-2/h3-19H,20H2,1-2H3. The number of benzene rings is 4. The number of para-hydroxylation sites is 2. The molecule has 0 saturated carbocycles. The summed E-state index contributed by atoms with van der Waals surface area (Å²) >= 11 is 1.81. The Labute approximate surface area is 190 Å². The van der Waals surface area contributed by atoms with Gasteiger partial charge in [-0.3, -0.25) is 0 Å². The number of ether oxygens (including phenoxy) is 2. The van der Waals surface area contributed by atoms with E-state index in [1.54, 1.807) is 14.2 Å². The molecule has 0 aromatic heterocycles. The van der Waals surface area contributed by atoms with E-state index in [1.165, 1.54) is 21.5 Å². The third-order valence-electron chi connectivity index (χ3n) is 5.03. The van der Waals surface area contributed by atoms with Crippen LogP contribution in [-0.4, -0.2) is 14.2 Å². The van der Waals surface area contributed by atoms with Crippen LogP contribution in [0.3, 0.4) is 0 Å². The Bertz CT molecular complexity index is 1130. The van der Waals surface area contributed by atoms with Crippen molar-refractivity contribution in [2.24, 2.45) is 0 Å². The summed E-state index contributed by atoms with van der Waals surface area (Å²) in [6, 6.07) is 36.1. The fourth-order valence-corrected chi connectivity index (χ4v) is 7.27. The van der Waals surface area contributed by atoms with Crippen molar-refractivity contribution in [2.45, 2.75) is 10.6 Å². The summed E-state index contributed by atoms with van der Waals surface area (Å²) in [6.45, 7) is 0. The van der Waals surface area contributed by atoms with Crippen LogP contribution >= 0.6 is 19.7 Å². The van der Waals surface area contributed by atoms with Gasteiger partial charge in [-0.2, -0.15) is 0 Å². The molecule has 4 aromatic carbocycles. The molecule has 156 valence electrons. The van der Waals surface area contributed by atoms with Gasteiger partial charge in [0, 0.05) is 16.0 Å². The Morgan fingerprint density at radius 1 is 0.613 bits per heavy atom. The molecule has 31 heavy (non-hydrogen) atoms. The van der Waals surface area contributed by atoms with Gasteiger partial charge in [0.15, 0.2) is 0 Å². The summed E-state index contributed by atoms with van der Waals surface area (Å²) < 4.78 is 11.3. The van der Waals surface area contributed by atoms with Crippen LogP contribution in [0.2, 0.25) is 0 Å². The van der Waals surface area contributed by atoms with Crippen LogP contribution in [0.15, 0.2) is 108 Å². The Morgan fingerprint density at radius 2 is 1.19 bits per heavy atom. The predicted molar refractivity (Wildman–Crippen MR) is 134 cm³/mol. The van der Waals surface area contributed by atoms with E-state index in [4.69, 9.17) is 9.47 Å². The zero-order valence-electron chi connectivity index (χ0n) is 17.7. The summed E-state index contributed by atoms with van der Waals surface area (Å²) in [5.41, 5.74) is 1.33. The van der Waals surface area contributed by atoms with Crippen molar-refractivity contribution >= 4 is 35.6 Å². The van der Waals surface area contributed by atoms with Gasteiger partial charge in [-0.25, -0.2) is 0 Å². The quantitative estimate of drug-likeness (QED) is 0.255. The zero-order chi connectivity index (χ0) is 21.5. The van der Waals surface area contributed by atoms with Crippen molar-refractivity contribution < 1.29 is 9.47 Å². The number of hydrogen-bond acceptors (Lipinski definition) is 3. The van der Waals surface area contributed by atoms with Gasteiger partial charge in [-0.05, 0) is 42.3 Å². The van der Waals surface area contributed by atoms with E-state index in [9.17, 15) is 0 Å². The highest BCUT2D eigenvalue weighted by atomic mass is 32.2. The molecule has 0 fully saturated rings. The number of hydrogen-bond donors (Lipinski definition) is 0. The summed E-state index contributed by atoms with van der Waals surface area (Å²) in [5.74, 6) is 2.72. The molecule has 2 nitrogen and oxygen atoms in total. The van der Waals surface area contributed by atoms with Crippen molar-refractivity contribution in [1.29, 1.82) is 0 Å². The molecule has 0 amide bonds. The van der Waals surface area contributed by atoms with Crippen LogP contribution in [0.5, 0.6) is 11.5 Å². The minimum Gasteiger partial charge on any atom is -0.496 e. The minimum atomic E-state index is -0.755. The van der Waals surface area contributed by atoms with Crippen LogP contribution in [-0.2, 0) is 5.75 Å². The van der Waals surface area contributed by atoms with E-state index >= 15 is 0 Å². The first-order valence-corrected chi connectivity index (χ1v) is 12.5. The molecule has 0 aliphatic carbocycles.